The first-order chi connectivity index (χ1) is 8.69. The van der Waals surface area contributed by atoms with E-state index in [9.17, 15) is 4.79 Å². The van der Waals surface area contributed by atoms with Crippen LogP contribution in [0.3, 0.4) is 0 Å². The Kier molecular flexibility index (Phi) is 4.25. The minimum atomic E-state index is -0.132. The number of nitrogens with one attached hydrogen (secondary N) is 1. The highest BCUT2D eigenvalue weighted by molar-refractivity contribution is 5.92. The molecule has 1 amide bonds. The minimum Gasteiger partial charge on any atom is -0.396 e. The Morgan fingerprint density at radius 1 is 1.39 bits per heavy atom. The summed E-state index contributed by atoms with van der Waals surface area (Å²) < 4.78 is 0. The van der Waals surface area contributed by atoms with Crippen LogP contribution in [0.1, 0.15) is 41.9 Å². The van der Waals surface area contributed by atoms with Gasteiger partial charge in [0.1, 0.15) is 12.0 Å². The van der Waals surface area contributed by atoms with Crippen molar-refractivity contribution in [3.63, 3.8) is 0 Å². The molecule has 0 atom stereocenters. The normalized spacial score (nSPS) is 23.7. The Labute approximate surface area is 107 Å². The van der Waals surface area contributed by atoms with E-state index in [0.29, 0.717) is 11.6 Å². The van der Waals surface area contributed by atoms with Crippen molar-refractivity contribution >= 4 is 5.91 Å². The van der Waals surface area contributed by atoms with Gasteiger partial charge in [-0.2, -0.15) is 0 Å². The van der Waals surface area contributed by atoms with Crippen molar-refractivity contribution in [2.24, 2.45) is 5.92 Å². The predicted molar refractivity (Wildman–Crippen MR) is 67.1 cm³/mol. The zero-order chi connectivity index (χ0) is 13.0. The van der Waals surface area contributed by atoms with Crippen molar-refractivity contribution in [3.05, 3.63) is 23.8 Å². The van der Waals surface area contributed by atoms with Crippen LogP contribution in [-0.2, 0) is 0 Å². The number of rotatable bonds is 3. The van der Waals surface area contributed by atoms with E-state index in [4.69, 9.17) is 5.11 Å². The summed E-state index contributed by atoms with van der Waals surface area (Å²) in [5, 5.41) is 12.1. The van der Waals surface area contributed by atoms with Crippen molar-refractivity contribution in [2.45, 2.75) is 38.6 Å². The summed E-state index contributed by atoms with van der Waals surface area (Å²) in [6.07, 6.45) is 5.23. The van der Waals surface area contributed by atoms with Gasteiger partial charge >= 0.3 is 0 Å². The number of aliphatic hydroxyl groups is 1. The molecule has 5 nitrogen and oxygen atoms in total. The second-order valence-electron chi connectivity index (χ2n) is 4.92. The molecule has 2 N–H and O–H groups in total. The molecule has 0 aromatic carbocycles. The standard InChI is InChI=1S/C13H19N3O2/c1-9-6-12(15-8-14-9)13(18)16-11-4-2-10(7-17)3-5-11/h6,8,10-11,17H,2-5,7H2,1H3,(H,16,18). The van der Waals surface area contributed by atoms with E-state index in [2.05, 4.69) is 15.3 Å². The fraction of sp³-hybridized carbons (Fsp3) is 0.615. The van der Waals surface area contributed by atoms with Crippen molar-refractivity contribution < 1.29 is 9.90 Å². The molecule has 0 spiro atoms. The lowest BCUT2D eigenvalue weighted by molar-refractivity contribution is 0.0908. The van der Waals surface area contributed by atoms with E-state index in [1.54, 1.807) is 6.07 Å². The maximum absolute atomic E-state index is 12.0. The molecule has 1 aromatic heterocycles. The van der Waals surface area contributed by atoms with Crippen molar-refractivity contribution in [2.75, 3.05) is 6.61 Å². The summed E-state index contributed by atoms with van der Waals surface area (Å²) in [7, 11) is 0. The highest BCUT2D eigenvalue weighted by Crippen LogP contribution is 2.23. The Balaban J connectivity index is 1.89. The van der Waals surface area contributed by atoms with Gasteiger partial charge in [0.25, 0.3) is 5.91 Å². The van der Waals surface area contributed by atoms with Gasteiger partial charge in [-0.3, -0.25) is 4.79 Å². The van der Waals surface area contributed by atoms with E-state index in [0.717, 1.165) is 31.4 Å². The third kappa shape index (κ3) is 3.26. The van der Waals surface area contributed by atoms with Crippen LogP contribution in [0.2, 0.25) is 0 Å². The zero-order valence-corrected chi connectivity index (χ0v) is 10.6. The molecule has 5 heteroatoms. The molecule has 98 valence electrons. The summed E-state index contributed by atoms with van der Waals surface area (Å²) >= 11 is 0. The summed E-state index contributed by atoms with van der Waals surface area (Å²) in [6, 6.07) is 1.89. The van der Waals surface area contributed by atoms with Gasteiger partial charge < -0.3 is 10.4 Å². The topological polar surface area (TPSA) is 75.1 Å². The molecule has 1 saturated carbocycles. The Morgan fingerprint density at radius 3 is 2.72 bits per heavy atom. The monoisotopic (exact) mass is 249 g/mol. The van der Waals surface area contributed by atoms with E-state index < -0.39 is 0 Å². The minimum absolute atomic E-state index is 0.132. The largest absolute Gasteiger partial charge is 0.396 e. The van der Waals surface area contributed by atoms with E-state index in [1.165, 1.54) is 6.33 Å². The van der Waals surface area contributed by atoms with Crippen molar-refractivity contribution in [1.29, 1.82) is 0 Å². The number of aliphatic hydroxyl groups excluding tert-OH is 1. The molecule has 0 bridgehead atoms. The van der Waals surface area contributed by atoms with Gasteiger partial charge in [0.2, 0.25) is 0 Å². The number of carbonyl (C=O) groups excluding carboxylic acids is 1. The first-order valence-electron chi connectivity index (χ1n) is 6.39. The second-order valence-corrected chi connectivity index (χ2v) is 4.92. The van der Waals surface area contributed by atoms with E-state index in [-0.39, 0.29) is 18.6 Å². The number of amides is 1. The van der Waals surface area contributed by atoms with Gasteiger partial charge in [-0.1, -0.05) is 0 Å². The first kappa shape index (κ1) is 13.0. The van der Waals surface area contributed by atoms with Crippen LogP contribution < -0.4 is 5.32 Å². The van der Waals surface area contributed by atoms with Gasteiger partial charge in [0.15, 0.2) is 0 Å². The predicted octanol–water partition coefficient (Wildman–Crippen LogP) is 1.07. The molecule has 0 radical (unpaired) electrons. The SMILES string of the molecule is Cc1cc(C(=O)NC2CCC(CO)CC2)ncn1. The zero-order valence-electron chi connectivity index (χ0n) is 10.6. The third-order valence-electron chi connectivity index (χ3n) is 3.48. The van der Waals surface area contributed by atoms with Gasteiger partial charge in [0.05, 0.1) is 0 Å². The lowest BCUT2D eigenvalue weighted by Crippen LogP contribution is -2.38. The van der Waals surface area contributed by atoms with Crippen LogP contribution in [0.25, 0.3) is 0 Å². The van der Waals surface area contributed by atoms with Crippen LogP contribution in [-0.4, -0.2) is 33.6 Å². The molecule has 1 fully saturated rings. The van der Waals surface area contributed by atoms with E-state index in [1.807, 2.05) is 6.92 Å². The van der Waals surface area contributed by atoms with Crippen LogP contribution in [0.15, 0.2) is 12.4 Å². The number of hydrogen-bond acceptors (Lipinski definition) is 4. The molecule has 2 rings (SSSR count). The average Bonchev–Trinajstić information content (AvgIpc) is 2.39. The molecule has 0 unspecified atom stereocenters. The lowest BCUT2D eigenvalue weighted by Gasteiger charge is -2.27. The number of nitrogens with zero attached hydrogens (tertiary/aromatic N) is 2. The molecular formula is C13H19N3O2. The first-order valence-corrected chi connectivity index (χ1v) is 6.39. The highest BCUT2D eigenvalue weighted by Gasteiger charge is 2.22. The number of hydrogen-bond donors (Lipinski definition) is 2. The number of carbonyl (C=O) groups is 1. The highest BCUT2D eigenvalue weighted by atomic mass is 16.3. The molecule has 18 heavy (non-hydrogen) atoms. The Hall–Kier alpha value is -1.49. The quantitative estimate of drug-likeness (QED) is 0.840. The fourth-order valence-electron chi connectivity index (χ4n) is 2.33. The summed E-state index contributed by atoms with van der Waals surface area (Å²) in [4.78, 5) is 19.9. The van der Waals surface area contributed by atoms with Crippen LogP contribution in [0.4, 0.5) is 0 Å². The van der Waals surface area contributed by atoms with E-state index >= 15 is 0 Å². The Bertz CT molecular complexity index is 414. The number of aryl methyl sites for hydroxylation is 1. The fourth-order valence-corrected chi connectivity index (χ4v) is 2.33. The molecule has 1 aromatic rings. The third-order valence-corrected chi connectivity index (χ3v) is 3.48. The van der Waals surface area contributed by atoms with Crippen LogP contribution in [0, 0.1) is 12.8 Å². The summed E-state index contributed by atoms with van der Waals surface area (Å²) in [5.41, 5.74) is 1.21. The smallest absolute Gasteiger partial charge is 0.270 e. The summed E-state index contributed by atoms with van der Waals surface area (Å²) in [6.45, 7) is 2.09. The van der Waals surface area contributed by atoms with Gasteiger partial charge in [-0.05, 0) is 44.6 Å². The molecule has 0 saturated heterocycles. The van der Waals surface area contributed by atoms with Crippen molar-refractivity contribution in [1.82, 2.24) is 15.3 Å². The molecular weight excluding hydrogens is 230 g/mol. The number of aromatic nitrogens is 2. The maximum atomic E-state index is 12.0. The second kappa shape index (κ2) is 5.91. The Morgan fingerprint density at radius 2 is 2.11 bits per heavy atom. The summed E-state index contributed by atoms with van der Waals surface area (Å²) in [5.74, 6) is 0.271. The molecule has 1 aliphatic carbocycles. The van der Waals surface area contributed by atoms with Gasteiger partial charge in [-0.15, -0.1) is 0 Å². The molecule has 1 aliphatic rings. The van der Waals surface area contributed by atoms with Crippen LogP contribution >= 0.6 is 0 Å². The average molecular weight is 249 g/mol. The van der Waals surface area contributed by atoms with Gasteiger partial charge in [0, 0.05) is 18.3 Å². The lowest BCUT2D eigenvalue weighted by atomic mass is 9.86. The molecule has 1 heterocycles. The van der Waals surface area contributed by atoms with Crippen LogP contribution in [0.5, 0.6) is 0 Å². The molecule has 0 aliphatic heterocycles. The van der Waals surface area contributed by atoms with Gasteiger partial charge in [-0.25, -0.2) is 9.97 Å². The van der Waals surface area contributed by atoms with Crippen molar-refractivity contribution in [3.8, 4) is 0 Å². The maximum Gasteiger partial charge on any atom is 0.270 e.